The van der Waals surface area contributed by atoms with Crippen molar-refractivity contribution in [2.45, 2.75) is 32.2 Å². The number of amides is 3. The minimum atomic E-state index is -1.07. The number of likely N-dealkylation sites (N-methyl/N-ethyl adjacent to an activating group) is 1. The van der Waals surface area contributed by atoms with Crippen LogP contribution in [0.4, 0.5) is 10.5 Å². The molecule has 1 aromatic rings. The van der Waals surface area contributed by atoms with E-state index in [-0.39, 0.29) is 23.6 Å². The van der Waals surface area contributed by atoms with Gasteiger partial charge in [0.05, 0.1) is 0 Å². The number of hydrogen-bond acceptors (Lipinski definition) is 5. The first kappa shape index (κ1) is 18.2. The maximum atomic E-state index is 12.8. The third kappa shape index (κ3) is 2.89. The summed E-state index contributed by atoms with van der Waals surface area (Å²) in [7, 11) is 1.54. The van der Waals surface area contributed by atoms with Gasteiger partial charge >= 0.3 is 12.0 Å². The molecule has 26 heavy (non-hydrogen) atoms. The van der Waals surface area contributed by atoms with Crippen LogP contribution in [-0.4, -0.2) is 70.0 Å². The number of imide groups is 1. The highest BCUT2D eigenvalue weighted by Crippen LogP contribution is 2.38. The van der Waals surface area contributed by atoms with Gasteiger partial charge in [-0.1, -0.05) is 13.8 Å². The van der Waals surface area contributed by atoms with E-state index in [1.54, 1.807) is 24.1 Å². The Hall–Kier alpha value is -2.64. The minimum absolute atomic E-state index is 0.00363. The maximum absolute atomic E-state index is 12.8. The van der Waals surface area contributed by atoms with E-state index in [1.807, 2.05) is 18.7 Å². The highest BCUT2D eigenvalue weighted by molar-refractivity contribution is 6.07. The summed E-state index contributed by atoms with van der Waals surface area (Å²) in [5, 5.41) is 9.11. The van der Waals surface area contributed by atoms with E-state index in [2.05, 4.69) is 4.98 Å². The third-order valence-corrected chi connectivity index (χ3v) is 5.20. The first-order valence-electron chi connectivity index (χ1n) is 8.80. The zero-order valence-electron chi connectivity index (χ0n) is 15.3. The van der Waals surface area contributed by atoms with E-state index in [9.17, 15) is 14.4 Å². The van der Waals surface area contributed by atoms with Crippen molar-refractivity contribution in [3.8, 4) is 0 Å². The molecule has 0 aromatic carbocycles. The molecule has 0 bridgehead atoms. The molecule has 2 fully saturated rings. The first-order chi connectivity index (χ1) is 12.3. The molecule has 2 aliphatic rings. The van der Waals surface area contributed by atoms with Gasteiger partial charge in [-0.2, -0.15) is 0 Å². The number of carbonyl (C=O) groups is 3. The quantitative estimate of drug-likeness (QED) is 0.821. The zero-order chi connectivity index (χ0) is 19.1. The summed E-state index contributed by atoms with van der Waals surface area (Å²) in [6.07, 6.45) is 2.53. The second-order valence-electron chi connectivity index (χ2n) is 7.37. The van der Waals surface area contributed by atoms with E-state index in [1.165, 1.54) is 11.1 Å². The van der Waals surface area contributed by atoms with Crippen LogP contribution in [-0.2, 0) is 4.79 Å². The van der Waals surface area contributed by atoms with Crippen LogP contribution in [0.2, 0.25) is 0 Å². The second kappa shape index (κ2) is 6.59. The normalized spacial score (nSPS) is 19.8. The number of anilines is 1. The Morgan fingerprint density at radius 2 is 1.96 bits per heavy atom. The number of piperidine rings is 1. The Bertz CT molecular complexity index is 740. The molecular weight excluding hydrogens is 336 g/mol. The van der Waals surface area contributed by atoms with E-state index in [0.29, 0.717) is 32.5 Å². The van der Waals surface area contributed by atoms with Crippen molar-refractivity contribution < 1.29 is 19.5 Å². The molecule has 2 saturated heterocycles. The number of carboxylic acid groups (broad SMARTS) is 1. The van der Waals surface area contributed by atoms with Crippen LogP contribution in [0.25, 0.3) is 0 Å². The van der Waals surface area contributed by atoms with Gasteiger partial charge < -0.3 is 14.9 Å². The molecule has 1 spiro atoms. The first-order valence-corrected chi connectivity index (χ1v) is 8.80. The Morgan fingerprint density at radius 3 is 2.54 bits per heavy atom. The molecule has 1 N–H and O–H groups in total. The van der Waals surface area contributed by atoms with Gasteiger partial charge in [0.1, 0.15) is 11.2 Å². The highest BCUT2D eigenvalue weighted by atomic mass is 16.4. The maximum Gasteiger partial charge on any atom is 0.354 e. The predicted molar refractivity (Wildman–Crippen MR) is 95.1 cm³/mol. The number of aromatic carboxylic acids is 1. The lowest BCUT2D eigenvalue weighted by Gasteiger charge is -2.43. The summed E-state index contributed by atoms with van der Waals surface area (Å²) in [6.45, 7) is 5.76. The molecule has 1 aromatic heterocycles. The molecule has 3 rings (SSSR count). The summed E-state index contributed by atoms with van der Waals surface area (Å²) in [5.74, 6) is -0.933. The van der Waals surface area contributed by atoms with Crippen molar-refractivity contribution in [2.24, 2.45) is 5.92 Å². The average Bonchev–Trinajstić information content (AvgIpc) is 2.78. The number of carboxylic acids is 1. The van der Waals surface area contributed by atoms with Gasteiger partial charge in [-0.15, -0.1) is 0 Å². The number of carbonyl (C=O) groups excluding carboxylic acids is 2. The molecule has 0 atom stereocenters. The smallest absolute Gasteiger partial charge is 0.354 e. The summed E-state index contributed by atoms with van der Waals surface area (Å²) in [4.78, 5) is 45.3. The molecule has 0 aliphatic carbocycles. The van der Waals surface area contributed by atoms with Gasteiger partial charge in [-0.05, 0) is 30.9 Å². The van der Waals surface area contributed by atoms with Gasteiger partial charge in [0.25, 0.3) is 5.91 Å². The fourth-order valence-electron chi connectivity index (χ4n) is 3.85. The number of hydrogen-bond donors (Lipinski definition) is 1. The van der Waals surface area contributed by atoms with Gasteiger partial charge in [0.2, 0.25) is 0 Å². The molecule has 3 heterocycles. The van der Waals surface area contributed by atoms with Crippen LogP contribution in [0, 0.1) is 5.92 Å². The minimum Gasteiger partial charge on any atom is -0.477 e. The fraction of sp³-hybridized carbons (Fsp3) is 0.556. The topological polar surface area (TPSA) is 94.1 Å². The summed E-state index contributed by atoms with van der Waals surface area (Å²) in [6, 6.07) is 3.08. The van der Waals surface area contributed by atoms with Crippen molar-refractivity contribution in [1.82, 2.24) is 14.8 Å². The number of aromatic nitrogens is 1. The van der Waals surface area contributed by atoms with E-state index in [4.69, 9.17) is 5.11 Å². The molecule has 3 amide bonds. The number of pyridine rings is 1. The second-order valence-corrected chi connectivity index (χ2v) is 7.37. The average molecular weight is 360 g/mol. The van der Waals surface area contributed by atoms with Crippen LogP contribution >= 0.6 is 0 Å². The third-order valence-electron chi connectivity index (χ3n) is 5.20. The van der Waals surface area contributed by atoms with Crippen LogP contribution in [0.5, 0.6) is 0 Å². The Kier molecular flexibility index (Phi) is 4.60. The van der Waals surface area contributed by atoms with Crippen molar-refractivity contribution in [2.75, 3.05) is 31.6 Å². The monoisotopic (exact) mass is 360 g/mol. The SMILES string of the molecule is CC(C)CN1C(=O)N(C)C(=O)C12CCN(c1ccnc(C(=O)O)c1)CC2. The Labute approximate surface area is 152 Å². The van der Waals surface area contributed by atoms with Crippen LogP contribution in [0.15, 0.2) is 18.3 Å². The summed E-state index contributed by atoms with van der Waals surface area (Å²) >= 11 is 0. The molecular formula is C18H24N4O4. The largest absolute Gasteiger partial charge is 0.477 e. The van der Waals surface area contributed by atoms with Crippen molar-refractivity contribution in [3.05, 3.63) is 24.0 Å². The molecule has 140 valence electrons. The lowest BCUT2D eigenvalue weighted by atomic mass is 9.85. The van der Waals surface area contributed by atoms with Gasteiger partial charge in [-0.3, -0.25) is 9.69 Å². The van der Waals surface area contributed by atoms with Crippen molar-refractivity contribution in [3.63, 3.8) is 0 Å². The number of rotatable bonds is 4. The molecule has 8 nitrogen and oxygen atoms in total. The van der Waals surface area contributed by atoms with Gasteiger partial charge in [0.15, 0.2) is 0 Å². The highest BCUT2D eigenvalue weighted by Gasteiger charge is 2.56. The number of urea groups is 1. The predicted octanol–water partition coefficient (Wildman–Crippen LogP) is 1.67. The molecule has 0 unspecified atom stereocenters. The van der Waals surface area contributed by atoms with Gasteiger partial charge in [0, 0.05) is 38.6 Å². The van der Waals surface area contributed by atoms with Crippen molar-refractivity contribution >= 4 is 23.6 Å². The van der Waals surface area contributed by atoms with Crippen molar-refractivity contribution in [1.29, 1.82) is 0 Å². The van der Waals surface area contributed by atoms with Crippen LogP contribution in [0.1, 0.15) is 37.2 Å². The Balaban J connectivity index is 1.81. The fourth-order valence-corrected chi connectivity index (χ4v) is 3.85. The molecule has 8 heteroatoms. The zero-order valence-corrected chi connectivity index (χ0v) is 15.3. The molecule has 0 radical (unpaired) electrons. The summed E-state index contributed by atoms with van der Waals surface area (Å²) in [5.41, 5.74) is -0.0150. The van der Waals surface area contributed by atoms with Crippen LogP contribution in [0.3, 0.4) is 0 Å². The standard InChI is InChI=1S/C18H24N4O4/c1-12(2)11-22-17(26)20(3)16(25)18(22)5-8-21(9-6-18)13-4-7-19-14(10-13)15(23)24/h4,7,10,12H,5-6,8-9,11H2,1-3H3,(H,23,24). The van der Waals surface area contributed by atoms with E-state index >= 15 is 0 Å². The lowest BCUT2D eigenvalue weighted by molar-refractivity contribution is -0.133. The Morgan fingerprint density at radius 1 is 1.31 bits per heavy atom. The van der Waals surface area contributed by atoms with Crippen LogP contribution < -0.4 is 4.90 Å². The number of nitrogens with zero attached hydrogens (tertiary/aromatic N) is 4. The summed E-state index contributed by atoms with van der Waals surface area (Å²) < 4.78 is 0. The van der Waals surface area contributed by atoms with E-state index < -0.39 is 11.5 Å². The van der Waals surface area contributed by atoms with Gasteiger partial charge in [-0.25, -0.2) is 14.6 Å². The lowest BCUT2D eigenvalue weighted by Crippen LogP contribution is -2.57. The van der Waals surface area contributed by atoms with E-state index in [0.717, 1.165) is 5.69 Å². The molecule has 2 aliphatic heterocycles. The molecule has 0 saturated carbocycles.